The van der Waals surface area contributed by atoms with Crippen molar-refractivity contribution in [2.75, 3.05) is 13.1 Å². The Balaban J connectivity index is 0.00000200. The Morgan fingerprint density at radius 3 is 2.65 bits per heavy atom. The van der Waals surface area contributed by atoms with Crippen molar-refractivity contribution in [3.8, 4) is 0 Å². The van der Waals surface area contributed by atoms with Gasteiger partial charge in [-0.1, -0.05) is 12.1 Å². The Kier molecular flexibility index (Phi) is 6.41. The fourth-order valence-corrected chi connectivity index (χ4v) is 2.15. The van der Waals surface area contributed by atoms with E-state index in [9.17, 15) is 14.9 Å². The Bertz CT molecular complexity index is 458. The summed E-state index contributed by atoms with van der Waals surface area (Å²) in [6, 6.07) is 6.35. The van der Waals surface area contributed by atoms with Gasteiger partial charge in [-0.05, 0) is 31.4 Å². The van der Waals surface area contributed by atoms with Crippen LogP contribution in [0.4, 0.5) is 5.69 Å². The summed E-state index contributed by atoms with van der Waals surface area (Å²) < 4.78 is 0. The average Bonchev–Trinajstić information content (AvgIpc) is 2.93. The predicted molar refractivity (Wildman–Crippen MR) is 78.1 cm³/mol. The number of hydrogen-bond acceptors (Lipinski definition) is 4. The van der Waals surface area contributed by atoms with Crippen LogP contribution in [0, 0.1) is 10.1 Å². The van der Waals surface area contributed by atoms with Crippen LogP contribution in [-0.2, 0) is 11.2 Å². The zero-order valence-corrected chi connectivity index (χ0v) is 11.8. The Labute approximate surface area is 123 Å². The minimum absolute atomic E-state index is 0. The minimum Gasteiger partial charge on any atom is -0.354 e. The van der Waals surface area contributed by atoms with Gasteiger partial charge in [0.1, 0.15) is 0 Å². The number of carbonyl (C=O) groups is 1. The predicted octanol–water partition coefficient (Wildman–Crippen LogP) is 1.43. The first kappa shape index (κ1) is 16.4. The summed E-state index contributed by atoms with van der Waals surface area (Å²) in [4.78, 5) is 21.8. The Morgan fingerprint density at radius 2 is 2.10 bits per heavy atom. The standard InChI is InChI=1S/C13H17N3O3.ClH/c17-13(12-2-1-8-14-12)15-9-7-10-3-5-11(6-4-10)16(18)19;/h3-6,12,14H,1-2,7-9H2,(H,15,17);1H. The summed E-state index contributed by atoms with van der Waals surface area (Å²) in [5.74, 6) is 0.0411. The van der Waals surface area contributed by atoms with Gasteiger partial charge < -0.3 is 10.6 Å². The average molecular weight is 300 g/mol. The molecule has 7 heteroatoms. The molecule has 1 unspecified atom stereocenters. The number of nitro groups is 1. The first-order chi connectivity index (χ1) is 9.16. The molecule has 1 aromatic rings. The number of nitrogens with one attached hydrogen (secondary N) is 2. The van der Waals surface area contributed by atoms with Gasteiger partial charge in [0.2, 0.25) is 5.91 Å². The number of rotatable bonds is 5. The van der Waals surface area contributed by atoms with Gasteiger partial charge in [0.05, 0.1) is 11.0 Å². The number of nitrogens with zero attached hydrogens (tertiary/aromatic N) is 1. The molecule has 1 amide bonds. The van der Waals surface area contributed by atoms with Crippen molar-refractivity contribution >= 4 is 24.0 Å². The lowest BCUT2D eigenvalue weighted by molar-refractivity contribution is -0.384. The molecule has 2 rings (SSSR count). The molecule has 1 aliphatic rings. The topological polar surface area (TPSA) is 84.3 Å². The quantitative estimate of drug-likeness (QED) is 0.636. The smallest absolute Gasteiger partial charge is 0.269 e. The van der Waals surface area contributed by atoms with Crippen LogP contribution in [0.5, 0.6) is 0 Å². The summed E-state index contributed by atoms with van der Waals surface area (Å²) in [6.07, 6.45) is 2.61. The van der Waals surface area contributed by atoms with Crippen molar-refractivity contribution in [2.45, 2.75) is 25.3 Å². The number of nitro benzene ring substituents is 1. The number of halogens is 1. The van der Waals surface area contributed by atoms with Crippen molar-refractivity contribution in [1.82, 2.24) is 10.6 Å². The van der Waals surface area contributed by atoms with E-state index in [2.05, 4.69) is 10.6 Å². The van der Waals surface area contributed by atoms with Gasteiger partial charge in [-0.2, -0.15) is 0 Å². The van der Waals surface area contributed by atoms with Crippen molar-refractivity contribution < 1.29 is 9.72 Å². The highest BCUT2D eigenvalue weighted by Gasteiger charge is 2.21. The van der Waals surface area contributed by atoms with Gasteiger partial charge in [-0.3, -0.25) is 14.9 Å². The highest BCUT2D eigenvalue weighted by atomic mass is 35.5. The van der Waals surface area contributed by atoms with Crippen molar-refractivity contribution in [1.29, 1.82) is 0 Å². The maximum absolute atomic E-state index is 11.7. The van der Waals surface area contributed by atoms with Crippen LogP contribution in [0.15, 0.2) is 24.3 Å². The lowest BCUT2D eigenvalue weighted by Crippen LogP contribution is -2.41. The fraction of sp³-hybridized carbons (Fsp3) is 0.462. The van der Waals surface area contributed by atoms with E-state index in [-0.39, 0.29) is 30.0 Å². The lowest BCUT2D eigenvalue weighted by Gasteiger charge is -2.10. The van der Waals surface area contributed by atoms with Crippen LogP contribution in [0.3, 0.4) is 0 Å². The molecule has 1 aromatic carbocycles. The second-order valence-electron chi connectivity index (χ2n) is 4.61. The van der Waals surface area contributed by atoms with E-state index in [1.807, 2.05) is 0 Å². The second kappa shape index (κ2) is 7.81. The largest absolute Gasteiger partial charge is 0.354 e. The third-order valence-corrected chi connectivity index (χ3v) is 3.24. The SMILES string of the molecule is Cl.O=C(NCCc1ccc([N+](=O)[O-])cc1)C1CCCN1. The molecule has 1 saturated heterocycles. The van der Waals surface area contributed by atoms with E-state index in [1.54, 1.807) is 12.1 Å². The Hall–Kier alpha value is -1.66. The van der Waals surface area contributed by atoms with Crippen LogP contribution in [-0.4, -0.2) is 30.0 Å². The van der Waals surface area contributed by atoms with Gasteiger partial charge in [-0.15, -0.1) is 12.4 Å². The van der Waals surface area contributed by atoms with Crippen LogP contribution in [0.2, 0.25) is 0 Å². The molecule has 0 aromatic heterocycles. The maximum Gasteiger partial charge on any atom is 0.269 e. The fourth-order valence-electron chi connectivity index (χ4n) is 2.15. The second-order valence-corrected chi connectivity index (χ2v) is 4.61. The molecule has 20 heavy (non-hydrogen) atoms. The van der Waals surface area contributed by atoms with Gasteiger partial charge in [-0.25, -0.2) is 0 Å². The third-order valence-electron chi connectivity index (χ3n) is 3.24. The minimum atomic E-state index is -0.419. The molecule has 0 bridgehead atoms. The molecule has 2 N–H and O–H groups in total. The number of amides is 1. The zero-order valence-electron chi connectivity index (χ0n) is 11.0. The summed E-state index contributed by atoms with van der Waals surface area (Å²) in [7, 11) is 0. The van der Waals surface area contributed by atoms with E-state index in [4.69, 9.17) is 0 Å². The normalized spacial score (nSPS) is 17.3. The molecular weight excluding hydrogens is 282 g/mol. The molecule has 1 atom stereocenters. The van der Waals surface area contributed by atoms with E-state index in [0.717, 1.165) is 24.9 Å². The molecule has 110 valence electrons. The number of carbonyl (C=O) groups excluding carboxylic acids is 1. The molecule has 0 aliphatic carbocycles. The highest BCUT2D eigenvalue weighted by molar-refractivity contribution is 5.85. The molecule has 1 fully saturated rings. The maximum atomic E-state index is 11.7. The molecule has 0 spiro atoms. The molecule has 0 radical (unpaired) electrons. The van der Waals surface area contributed by atoms with Gasteiger partial charge in [0, 0.05) is 18.7 Å². The Morgan fingerprint density at radius 1 is 1.40 bits per heavy atom. The van der Waals surface area contributed by atoms with Crippen LogP contribution >= 0.6 is 12.4 Å². The monoisotopic (exact) mass is 299 g/mol. The van der Waals surface area contributed by atoms with Crippen molar-refractivity contribution in [2.24, 2.45) is 0 Å². The first-order valence-corrected chi connectivity index (χ1v) is 6.41. The molecular formula is C13H18ClN3O3. The number of benzene rings is 1. The van der Waals surface area contributed by atoms with E-state index in [1.165, 1.54) is 12.1 Å². The lowest BCUT2D eigenvalue weighted by atomic mass is 10.1. The first-order valence-electron chi connectivity index (χ1n) is 6.41. The summed E-state index contributed by atoms with van der Waals surface area (Å²) in [5, 5.41) is 16.5. The zero-order chi connectivity index (χ0) is 13.7. The molecule has 6 nitrogen and oxygen atoms in total. The summed E-state index contributed by atoms with van der Waals surface area (Å²) in [5.41, 5.74) is 1.06. The summed E-state index contributed by atoms with van der Waals surface area (Å²) in [6.45, 7) is 1.45. The van der Waals surface area contributed by atoms with Crippen molar-refractivity contribution in [3.63, 3.8) is 0 Å². The number of non-ortho nitro benzene ring substituents is 1. The van der Waals surface area contributed by atoms with Crippen LogP contribution < -0.4 is 10.6 Å². The van der Waals surface area contributed by atoms with Gasteiger partial charge in [0.25, 0.3) is 5.69 Å². The summed E-state index contributed by atoms with van der Waals surface area (Å²) >= 11 is 0. The molecule has 0 saturated carbocycles. The number of hydrogen-bond donors (Lipinski definition) is 2. The van der Waals surface area contributed by atoms with Crippen molar-refractivity contribution in [3.05, 3.63) is 39.9 Å². The van der Waals surface area contributed by atoms with Gasteiger partial charge in [0.15, 0.2) is 0 Å². The third kappa shape index (κ3) is 4.47. The molecule has 1 heterocycles. The van der Waals surface area contributed by atoms with E-state index in [0.29, 0.717) is 13.0 Å². The highest BCUT2D eigenvalue weighted by Crippen LogP contribution is 2.12. The molecule has 1 aliphatic heterocycles. The van der Waals surface area contributed by atoms with E-state index >= 15 is 0 Å². The van der Waals surface area contributed by atoms with Crippen LogP contribution in [0.25, 0.3) is 0 Å². The van der Waals surface area contributed by atoms with Gasteiger partial charge >= 0.3 is 0 Å². The van der Waals surface area contributed by atoms with Crippen LogP contribution in [0.1, 0.15) is 18.4 Å². The van der Waals surface area contributed by atoms with E-state index < -0.39 is 4.92 Å².